The highest BCUT2D eigenvalue weighted by atomic mass is 35.5. The number of alkyl halides is 6. The van der Waals surface area contributed by atoms with Gasteiger partial charge in [-0.25, -0.2) is 8.78 Å². The van der Waals surface area contributed by atoms with Gasteiger partial charge in [0, 0.05) is 0 Å². The zero-order valence-corrected chi connectivity index (χ0v) is 6.36. The van der Waals surface area contributed by atoms with Crippen molar-refractivity contribution in [3.8, 4) is 0 Å². The number of rotatable bonds is 2. The van der Waals surface area contributed by atoms with Crippen molar-refractivity contribution in [2.24, 2.45) is 0 Å². The van der Waals surface area contributed by atoms with Crippen molar-refractivity contribution >= 4 is 23.2 Å². The molecule has 0 bridgehead atoms. The first kappa shape index (κ1) is 10.3. The van der Waals surface area contributed by atoms with Crippen molar-refractivity contribution in [3.63, 3.8) is 0 Å². The Morgan fingerprint density at radius 3 is 1.50 bits per heavy atom. The molecule has 0 radical (unpaired) electrons. The molecule has 0 aromatic rings. The van der Waals surface area contributed by atoms with E-state index in [1.165, 1.54) is 0 Å². The van der Waals surface area contributed by atoms with Crippen LogP contribution in [0.3, 0.4) is 0 Å². The molecule has 10 heavy (non-hydrogen) atoms. The van der Waals surface area contributed by atoms with Crippen LogP contribution in [0, 0.1) is 0 Å². The fourth-order valence-electron chi connectivity index (χ4n) is 0.192. The summed E-state index contributed by atoms with van der Waals surface area (Å²) >= 11 is 9.51. The summed E-state index contributed by atoms with van der Waals surface area (Å²) in [6.07, 6.45) is -3.84. The minimum absolute atomic E-state index is 0.613. The fraction of sp³-hybridized carbons (Fsp3) is 1.00. The second kappa shape index (κ2) is 2.74. The summed E-state index contributed by atoms with van der Waals surface area (Å²) in [5.41, 5.74) is 0. The normalized spacial score (nSPS) is 14.4. The third-order valence-electron chi connectivity index (χ3n) is 0.859. The number of hydrogen-bond acceptors (Lipinski definition) is 0. The fourth-order valence-corrected chi connectivity index (χ4v) is 0.357. The number of hydrogen-bond donors (Lipinski definition) is 0. The minimum Gasteiger partial charge on any atom is -0.203 e. The second-order valence-electron chi connectivity index (χ2n) is 1.81. The number of halogens is 6. The van der Waals surface area contributed by atoms with Crippen molar-refractivity contribution in [2.45, 2.75) is 23.6 Å². The molecule has 0 fully saturated rings. The van der Waals surface area contributed by atoms with Crippen LogP contribution in [0.25, 0.3) is 0 Å². The Morgan fingerprint density at radius 1 is 1.20 bits per heavy atom. The predicted molar refractivity (Wildman–Crippen MR) is 31.1 cm³/mol. The van der Waals surface area contributed by atoms with Crippen molar-refractivity contribution in [1.29, 1.82) is 0 Å². The quantitative estimate of drug-likeness (QED) is 0.473. The minimum atomic E-state index is -4.36. The molecule has 0 nitrogen and oxygen atoms in total. The van der Waals surface area contributed by atoms with E-state index in [0.29, 0.717) is 6.92 Å². The molecule has 0 N–H and O–H groups in total. The maximum Gasteiger partial charge on any atom is 0.339 e. The van der Waals surface area contributed by atoms with E-state index < -0.39 is 16.7 Å². The van der Waals surface area contributed by atoms with E-state index in [4.69, 9.17) is 23.2 Å². The molecule has 0 saturated heterocycles. The maximum atomic E-state index is 12.0. The summed E-state index contributed by atoms with van der Waals surface area (Å²) in [5, 5.41) is 0. The average molecular weight is 199 g/mol. The molecule has 0 heterocycles. The molecule has 0 aromatic heterocycles. The Bertz CT molecular complexity index is 117. The summed E-state index contributed by atoms with van der Waals surface area (Å²) in [5.74, 6) is -4.36. The Morgan fingerprint density at radius 2 is 1.50 bits per heavy atom. The summed E-state index contributed by atoms with van der Waals surface area (Å²) in [4.78, 5) is 0. The van der Waals surface area contributed by atoms with Crippen LogP contribution in [-0.4, -0.2) is 16.7 Å². The van der Waals surface area contributed by atoms with E-state index in [2.05, 4.69) is 0 Å². The monoisotopic (exact) mass is 198 g/mol. The Balaban J connectivity index is 4.40. The van der Waals surface area contributed by atoms with Crippen LogP contribution in [0.1, 0.15) is 6.92 Å². The molecule has 62 valence electrons. The molecule has 0 atom stereocenters. The van der Waals surface area contributed by atoms with Crippen LogP contribution in [0.5, 0.6) is 0 Å². The van der Waals surface area contributed by atoms with Crippen LogP contribution in [0.15, 0.2) is 0 Å². The van der Waals surface area contributed by atoms with Crippen molar-refractivity contribution in [3.05, 3.63) is 0 Å². The molecule has 0 spiro atoms. The molecule has 0 aromatic carbocycles. The Kier molecular flexibility index (Phi) is 2.82. The summed E-state index contributed by atoms with van der Waals surface area (Å²) in [6, 6.07) is 0. The molecule has 0 aliphatic rings. The molecule has 0 aliphatic carbocycles. The van der Waals surface area contributed by atoms with Gasteiger partial charge in [-0.05, 0) is 6.92 Å². The van der Waals surface area contributed by atoms with Crippen molar-refractivity contribution in [2.75, 3.05) is 0 Å². The van der Waals surface area contributed by atoms with E-state index in [1.807, 2.05) is 0 Å². The average Bonchev–Trinajstić information content (AvgIpc) is 1.62. The lowest BCUT2D eigenvalue weighted by Gasteiger charge is -2.24. The topological polar surface area (TPSA) is 0 Å². The largest absolute Gasteiger partial charge is 0.339 e. The van der Waals surface area contributed by atoms with Crippen molar-refractivity contribution in [1.82, 2.24) is 0 Å². The first-order chi connectivity index (χ1) is 4.19. The maximum absolute atomic E-state index is 12.0. The first-order valence-electron chi connectivity index (χ1n) is 2.23. The van der Waals surface area contributed by atoms with Crippen molar-refractivity contribution < 1.29 is 17.6 Å². The van der Waals surface area contributed by atoms with E-state index in [-0.39, 0.29) is 0 Å². The molecular weight excluding hydrogens is 195 g/mol. The van der Waals surface area contributed by atoms with Gasteiger partial charge in [0.2, 0.25) is 0 Å². The lowest BCUT2D eigenvalue weighted by Crippen LogP contribution is -2.42. The van der Waals surface area contributed by atoms with Gasteiger partial charge in [-0.3, -0.25) is 0 Å². The van der Waals surface area contributed by atoms with Gasteiger partial charge in [0.05, 0.1) is 0 Å². The summed E-state index contributed by atoms with van der Waals surface area (Å²) in [6.45, 7) is 0.613. The highest BCUT2D eigenvalue weighted by Crippen LogP contribution is 2.42. The van der Waals surface area contributed by atoms with E-state index in [1.54, 1.807) is 0 Å². The summed E-state index contributed by atoms with van der Waals surface area (Å²) in [7, 11) is 0. The van der Waals surface area contributed by atoms with Gasteiger partial charge in [0.25, 0.3) is 0 Å². The molecule has 0 amide bonds. The summed E-state index contributed by atoms with van der Waals surface area (Å²) < 4.78 is 44.1. The van der Waals surface area contributed by atoms with Crippen LogP contribution < -0.4 is 0 Å². The predicted octanol–water partition coefficient (Wildman–Crippen LogP) is 3.08. The molecule has 0 unspecified atom stereocenters. The van der Waals surface area contributed by atoms with Gasteiger partial charge >= 0.3 is 12.3 Å². The third kappa shape index (κ3) is 1.89. The zero-order chi connectivity index (χ0) is 8.58. The van der Waals surface area contributed by atoms with Gasteiger partial charge in [-0.2, -0.15) is 8.78 Å². The first-order valence-corrected chi connectivity index (χ1v) is 2.99. The molecule has 0 saturated carbocycles. The highest BCUT2D eigenvalue weighted by Gasteiger charge is 2.55. The smallest absolute Gasteiger partial charge is 0.203 e. The van der Waals surface area contributed by atoms with Gasteiger partial charge in [0.15, 0.2) is 4.33 Å². The van der Waals surface area contributed by atoms with Crippen LogP contribution >= 0.6 is 23.2 Å². The van der Waals surface area contributed by atoms with Gasteiger partial charge < -0.3 is 0 Å². The molecule has 6 heteroatoms. The molecular formula is C4H4Cl2F4. The second-order valence-corrected chi connectivity index (χ2v) is 3.52. The molecule has 0 rings (SSSR count). The van der Waals surface area contributed by atoms with Crippen LogP contribution in [-0.2, 0) is 0 Å². The SMILES string of the molecule is CC(Cl)(Cl)C(F)(F)C(F)F. The lowest BCUT2D eigenvalue weighted by atomic mass is 10.2. The Hall–Kier alpha value is 0.300. The van der Waals surface area contributed by atoms with E-state index in [9.17, 15) is 17.6 Å². The van der Waals surface area contributed by atoms with Gasteiger partial charge in [-0.1, -0.05) is 23.2 Å². The van der Waals surface area contributed by atoms with E-state index in [0.717, 1.165) is 0 Å². The third-order valence-corrected chi connectivity index (χ3v) is 1.36. The van der Waals surface area contributed by atoms with Gasteiger partial charge in [-0.15, -0.1) is 0 Å². The lowest BCUT2D eigenvalue weighted by molar-refractivity contribution is -0.135. The zero-order valence-electron chi connectivity index (χ0n) is 4.85. The highest BCUT2D eigenvalue weighted by molar-refractivity contribution is 6.48. The van der Waals surface area contributed by atoms with Crippen LogP contribution in [0.2, 0.25) is 0 Å². The molecule has 0 aliphatic heterocycles. The standard InChI is InChI=1S/C4H4Cl2F4/c1-3(5,6)4(9,10)2(7)8/h2H,1H3. The Labute approximate surface area is 65.1 Å². The van der Waals surface area contributed by atoms with Crippen LogP contribution in [0.4, 0.5) is 17.6 Å². The van der Waals surface area contributed by atoms with Gasteiger partial charge in [0.1, 0.15) is 0 Å². The van der Waals surface area contributed by atoms with E-state index >= 15 is 0 Å².